The van der Waals surface area contributed by atoms with Crippen molar-refractivity contribution < 1.29 is 9.90 Å². The zero-order valence-corrected chi connectivity index (χ0v) is 11.3. The summed E-state index contributed by atoms with van der Waals surface area (Å²) < 4.78 is 2.58. The first-order valence-electron chi connectivity index (χ1n) is 5.42. The van der Waals surface area contributed by atoms with Gasteiger partial charge in [0.1, 0.15) is 0 Å². The number of carbonyl (C=O) groups is 1. The molecule has 0 bridgehead atoms. The summed E-state index contributed by atoms with van der Waals surface area (Å²) in [6, 6.07) is 4.98. The van der Waals surface area contributed by atoms with Crippen LogP contribution in [-0.2, 0) is 6.54 Å². The van der Waals surface area contributed by atoms with Crippen molar-refractivity contribution in [1.29, 1.82) is 0 Å². The predicted octanol–water partition coefficient (Wildman–Crippen LogP) is 3.11. The van der Waals surface area contributed by atoms with Crippen molar-refractivity contribution in [3.8, 4) is 0 Å². The number of hydrogen-bond acceptors (Lipinski definition) is 3. The Bertz CT molecular complexity index is 580. The van der Waals surface area contributed by atoms with Crippen molar-refractivity contribution in [3.05, 3.63) is 40.6 Å². The molecule has 0 unspecified atom stereocenters. The first kappa shape index (κ1) is 12.6. The van der Waals surface area contributed by atoms with E-state index in [1.54, 1.807) is 29.1 Å². The van der Waals surface area contributed by atoms with Crippen molar-refractivity contribution in [3.63, 3.8) is 0 Å². The van der Waals surface area contributed by atoms with Gasteiger partial charge in [-0.15, -0.1) is 0 Å². The van der Waals surface area contributed by atoms with E-state index in [2.05, 4.69) is 26.3 Å². The quantitative estimate of drug-likeness (QED) is 0.910. The van der Waals surface area contributed by atoms with Gasteiger partial charge in [-0.3, -0.25) is 4.68 Å². The van der Waals surface area contributed by atoms with Crippen LogP contribution in [0.3, 0.4) is 0 Å². The highest BCUT2D eigenvalue weighted by Gasteiger charge is 2.11. The number of benzene rings is 1. The Labute approximate surface area is 113 Å². The number of hydrogen-bond donors (Lipinski definition) is 2. The summed E-state index contributed by atoms with van der Waals surface area (Å²) in [4.78, 5) is 11.1. The first-order valence-corrected chi connectivity index (χ1v) is 6.21. The van der Waals surface area contributed by atoms with Crippen LogP contribution < -0.4 is 5.32 Å². The number of aromatic nitrogens is 2. The van der Waals surface area contributed by atoms with E-state index in [1.807, 2.05) is 13.1 Å². The van der Waals surface area contributed by atoms with Gasteiger partial charge in [0.2, 0.25) is 0 Å². The number of carboxylic acid groups (broad SMARTS) is 1. The van der Waals surface area contributed by atoms with Crippen LogP contribution in [-0.4, -0.2) is 20.9 Å². The third kappa shape index (κ3) is 2.70. The summed E-state index contributed by atoms with van der Waals surface area (Å²) in [5.41, 5.74) is 1.52. The molecule has 1 aromatic carbocycles. The van der Waals surface area contributed by atoms with E-state index < -0.39 is 5.97 Å². The molecule has 0 spiro atoms. The molecule has 5 nitrogen and oxygen atoms in total. The molecule has 94 valence electrons. The fraction of sp³-hybridized carbons (Fsp3) is 0.167. The van der Waals surface area contributed by atoms with Gasteiger partial charge in [-0.1, -0.05) is 15.9 Å². The molecule has 0 aliphatic carbocycles. The van der Waals surface area contributed by atoms with E-state index in [9.17, 15) is 4.79 Å². The number of rotatable bonds is 4. The highest BCUT2D eigenvalue weighted by molar-refractivity contribution is 9.10. The van der Waals surface area contributed by atoms with E-state index in [-0.39, 0.29) is 5.56 Å². The lowest BCUT2D eigenvalue weighted by Gasteiger charge is -2.08. The highest BCUT2D eigenvalue weighted by atomic mass is 79.9. The van der Waals surface area contributed by atoms with Crippen LogP contribution >= 0.6 is 15.9 Å². The second kappa shape index (κ2) is 5.22. The Balaban J connectivity index is 2.32. The van der Waals surface area contributed by atoms with Gasteiger partial charge < -0.3 is 10.4 Å². The van der Waals surface area contributed by atoms with E-state index in [0.717, 1.165) is 16.7 Å². The van der Waals surface area contributed by atoms with E-state index in [4.69, 9.17) is 5.11 Å². The summed E-state index contributed by atoms with van der Waals surface area (Å²) in [5, 5.41) is 16.3. The maximum absolute atomic E-state index is 11.1. The monoisotopic (exact) mass is 309 g/mol. The van der Waals surface area contributed by atoms with Gasteiger partial charge >= 0.3 is 5.97 Å². The number of aromatic carboxylic acids is 1. The second-order valence-electron chi connectivity index (χ2n) is 3.70. The van der Waals surface area contributed by atoms with Crippen molar-refractivity contribution >= 4 is 33.3 Å². The average Bonchev–Trinajstić information content (AvgIpc) is 2.76. The fourth-order valence-electron chi connectivity index (χ4n) is 1.56. The molecule has 0 radical (unpaired) electrons. The minimum absolute atomic E-state index is 0.224. The summed E-state index contributed by atoms with van der Waals surface area (Å²) in [6.07, 6.45) is 3.49. The Morgan fingerprint density at radius 1 is 1.56 bits per heavy atom. The van der Waals surface area contributed by atoms with Gasteiger partial charge in [0, 0.05) is 17.2 Å². The van der Waals surface area contributed by atoms with Gasteiger partial charge in [-0.05, 0) is 25.1 Å². The number of carboxylic acids is 1. The molecule has 0 atom stereocenters. The predicted molar refractivity (Wildman–Crippen MR) is 72.3 cm³/mol. The molecule has 0 fully saturated rings. The largest absolute Gasteiger partial charge is 0.478 e. The molecule has 0 amide bonds. The van der Waals surface area contributed by atoms with Gasteiger partial charge in [-0.2, -0.15) is 5.10 Å². The van der Waals surface area contributed by atoms with Crippen molar-refractivity contribution in [2.45, 2.75) is 13.5 Å². The molecule has 0 saturated carbocycles. The maximum Gasteiger partial charge on any atom is 0.337 e. The Hall–Kier alpha value is -1.82. The number of nitrogens with zero attached hydrogens (tertiary/aromatic N) is 2. The summed E-state index contributed by atoms with van der Waals surface area (Å²) in [5.74, 6) is -0.965. The molecule has 1 heterocycles. The maximum atomic E-state index is 11.1. The van der Waals surface area contributed by atoms with Crippen LogP contribution in [0.5, 0.6) is 0 Å². The summed E-state index contributed by atoms with van der Waals surface area (Å²) in [7, 11) is 0. The van der Waals surface area contributed by atoms with Crippen molar-refractivity contribution in [1.82, 2.24) is 9.78 Å². The molecule has 2 rings (SSSR count). The van der Waals surface area contributed by atoms with E-state index in [1.165, 1.54) is 0 Å². The van der Waals surface area contributed by atoms with Crippen LogP contribution in [0.2, 0.25) is 0 Å². The number of nitrogens with one attached hydrogen (secondary N) is 1. The molecule has 2 aromatic rings. The van der Waals surface area contributed by atoms with Crippen molar-refractivity contribution in [2.75, 3.05) is 5.32 Å². The third-order valence-corrected chi connectivity index (χ3v) is 2.94. The Morgan fingerprint density at radius 3 is 2.94 bits per heavy atom. The highest BCUT2D eigenvalue weighted by Crippen LogP contribution is 2.24. The first-order chi connectivity index (χ1) is 8.60. The van der Waals surface area contributed by atoms with Gasteiger partial charge in [-0.25, -0.2) is 4.79 Å². The van der Waals surface area contributed by atoms with Crippen LogP contribution in [0.15, 0.2) is 35.1 Å². The fourth-order valence-corrected chi connectivity index (χ4v) is 1.92. The standard InChI is InChI=1S/C12H12BrN3O2/c1-2-16-7-9(6-14-16)15-11-5-8(13)3-4-10(11)12(17)18/h3-7,15H,2H2,1H3,(H,17,18). The van der Waals surface area contributed by atoms with Gasteiger partial charge in [0.25, 0.3) is 0 Å². The summed E-state index contributed by atoms with van der Waals surface area (Å²) in [6.45, 7) is 2.75. The molecular formula is C12H12BrN3O2. The lowest BCUT2D eigenvalue weighted by Crippen LogP contribution is -2.02. The zero-order valence-electron chi connectivity index (χ0n) is 9.72. The van der Waals surface area contributed by atoms with Gasteiger partial charge in [0.05, 0.1) is 23.1 Å². The SMILES string of the molecule is CCn1cc(Nc2cc(Br)ccc2C(=O)O)cn1. The topological polar surface area (TPSA) is 67.2 Å². The normalized spacial score (nSPS) is 10.3. The van der Waals surface area contributed by atoms with Crippen LogP contribution in [0.25, 0.3) is 0 Å². The molecule has 0 aliphatic rings. The van der Waals surface area contributed by atoms with Gasteiger partial charge in [0.15, 0.2) is 0 Å². The van der Waals surface area contributed by atoms with Crippen LogP contribution in [0, 0.1) is 0 Å². The lowest BCUT2D eigenvalue weighted by molar-refractivity contribution is 0.0698. The molecule has 0 aliphatic heterocycles. The average molecular weight is 310 g/mol. The van der Waals surface area contributed by atoms with Crippen LogP contribution in [0.4, 0.5) is 11.4 Å². The number of halogens is 1. The number of aryl methyl sites for hydroxylation is 1. The molecule has 0 saturated heterocycles. The van der Waals surface area contributed by atoms with E-state index in [0.29, 0.717) is 5.69 Å². The smallest absolute Gasteiger partial charge is 0.337 e. The molecular weight excluding hydrogens is 298 g/mol. The minimum Gasteiger partial charge on any atom is -0.478 e. The molecule has 18 heavy (non-hydrogen) atoms. The molecule has 6 heteroatoms. The Kier molecular flexibility index (Phi) is 3.66. The van der Waals surface area contributed by atoms with E-state index >= 15 is 0 Å². The van der Waals surface area contributed by atoms with Crippen molar-refractivity contribution in [2.24, 2.45) is 0 Å². The minimum atomic E-state index is -0.965. The molecule has 1 aromatic heterocycles. The Morgan fingerprint density at radius 2 is 2.33 bits per heavy atom. The number of anilines is 2. The molecule has 2 N–H and O–H groups in total. The second-order valence-corrected chi connectivity index (χ2v) is 4.62. The van der Waals surface area contributed by atoms with Crippen LogP contribution in [0.1, 0.15) is 17.3 Å². The third-order valence-electron chi connectivity index (χ3n) is 2.45. The lowest BCUT2D eigenvalue weighted by atomic mass is 10.2. The zero-order chi connectivity index (χ0) is 13.1. The summed E-state index contributed by atoms with van der Waals surface area (Å²) >= 11 is 3.32.